The van der Waals surface area contributed by atoms with Gasteiger partial charge in [-0.3, -0.25) is 9.78 Å². The Morgan fingerprint density at radius 3 is 2.68 bits per heavy atom. The van der Waals surface area contributed by atoms with E-state index in [1.807, 2.05) is 0 Å². The zero-order chi connectivity index (χ0) is 19.7. The van der Waals surface area contributed by atoms with Crippen molar-refractivity contribution in [3.8, 4) is 17.0 Å². The van der Waals surface area contributed by atoms with Gasteiger partial charge >= 0.3 is 5.69 Å². The lowest BCUT2D eigenvalue weighted by Crippen LogP contribution is -2.12. The Labute approximate surface area is 158 Å². The van der Waals surface area contributed by atoms with E-state index in [1.165, 1.54) is 19.4 Å². The molecular weight excluding hydrogens is 363 g/mol. The second kappa shape index (κ2) is 6.99. The van der Waals surface area contributed by atoms with Crippen LogP contribution in [0.15, 0.2) is 59.5 Å². The quantitative estimate of drug-likeness (QED) is 0.507. The molecule has 3 N–H and O–H groups in total. The van der Waals surface area contributed by atoms with Crippen LogP contribution in [0.4, 0.5) is 10.1 Å². The molecule has 7 nitrogen and oxygen atoms in total. The van der Waals surface area contributed by atoms with Crippen LogP contribution in [0.25, 0.3) is 22.3 Å². The number of anilines is 1. The van der Waals surface area contributed by atoms with E-state index in [4.69, 9.17) is 4.74 Å². The van der Waals surface area contributed by atoms with Gasteiger partial charge in [0.25, 0.3) is 5.91 Å². The second-order valence-electron chi connectivity index (χ2n) is 6.05. The number of nitrogens with one attached hydrogen (secondary N) is 3. The summed E-state index contributed by atoms with van der Waals surface area (Å²) in [6.07, 6.45) is 1.38. The standard InChI is InChI=1S/C20H15FN4O3/c1-28-17-4-2-3-13(18(17)21)14-7-5-11(10-22-14)19(26)23-12-6-8-15-16(9-12)25-20(27)24-15/h2-10H,1H3,(H,23,26)(H2,24,25,27). The van der Waals surface area contributed by atoms with Crippen LogP contribution in [0, 0.1) is 5.82 Å². The number of methoxy groups -OCH3 is 1. The summed E-state index contributed by atoms with van der Waals surface area (Å²) in [5.74, 6) is -0.759. The molecule has 28 heavy (non-hydrogen) atoms. The highest BCUT2D eigenvalue weighted by Crippen LogP contribution is 2.27. The number of rotatable bonds is 4. The SMILES string of the molecule is COc1cccc(-c2ccc(C(=O)Nc3ccc4[nH]c(=O)[nH]c4c3)cn2)c1F. The summed E-state index contributed by atoms with van der Waals surface area (Å²) < 4.78 is 19.3. The highest BCUT2D eigenvalue weighted by Gasteiger charge is 2.13. The molecule has 2 heterocycles. The van der Waals surface area contributed by atoms with Crippen molar-refractivity contribution in [1.82, 2.24) is 15.0 Å². The predicted molar refractivity (Wildman–Crippen MR) is 103 cm³/mol. The number of carbonyl (C=O) groups is 1. The van der Waals surface area contributed by atoms with Crippen molar-refractivity contribution >= 4 is 22.6 Å². The van der Waals surface area contributed by atoms with Gasteiger partial charge in [-0.1, -0.05) is 6.07 Å². The van der Waals surface area contributed by atoms with Crippen molar-refractivity contribution in [1.29, 1.82) is 0 Å². The molecule has 2 aromatic heterocycles. The normalized spacial score (nSPS) is 10.8. The first kappa shape index (κ1) is 17.5. The molecule has 0 unspecified atom stereocenters. The summed E-state index contributed by atoms with van der Waals surface area (Å²) in [4.78, 5) is 33.2. The molecule has 4 aromatic rings. The van der Waals surface area contributed by atoms with Crippen LogP contribution in [-0.2, 0) is 0 Å². The van der Waals surface area contributed by atoms with Crippen LogP contribution in [0.1, 0.15) is 10.4 Å². The minimum atomic E-state index is -0.511. The lowest BCUT2D eigenvalue weighted by Gasteiger charge is -2.08. The molecule has 4 rings (SSSR count). The summed E-state index contributed by atoms with van der Waals surface area (Å²) in [7, 11) is 1.39. The smallest absolute Gasteiger partial charge is 0.323 e. The lowest BCUT2D eigenvalue weighted by atomic mass is 10.1. The number of ether oxygens (including phenoxy) is 1. The minimum Gasteiger partial charge on any atom is -0.494 e. The Bertz CT molecular complexity index is 1230. The molecule has 0 saturated heterocycles. The molecule has 0 aliphatic heterocycles. The molecule has 0 aliphatic carbocycles. The highest BCUT2D eigenvalue weighted by molar-refractivity contribution is 6.04. The van der Waals surface area contributed by atoms with E-state index in [2.05, 4.69) is 20.3 Å². The number of aromatic amines is 2. The van der Waals surface area contributed by atoms with Crippen LogP contribution in [0.2, 0.25) is 0 Å². The maximum Gasteiger partial charge on any atom is 0.323 e. The molecule has 0 spiro atoms. The molecule has 0 saturated carbocycles. The Balaban J connectivity index is 1.56. The van der Waals surface area contributed by atoms with E-state index < -0.39 is 5.82 Å². The lowest BCUT2D eigenvalue weighted by molar-refractivity contribution is 0.102. The molecule has 0 bridgehead atoms. The third-order valence-electron chi connectivity index (χ3n) is 4.26. The van der Waals surface area contributed by atoms with E-state index >= 15 is 0 Å². The number of fused-ring (bicyclic) bond motifs is 1. The average Bonchev–Trinajstić information content (AvgIpc) is 3.07. The summed E-state index contributed by atoms with van der Waals surface area (Å²) in [6.45, 7) is 0. The van der Waals surface area contributed by atoms with E-state index in [9.17, 15) is 14.0 Å². The van der Waals surface area contributed by atoms with Gasteiger partial charge in [-0.05, 0) is 42.5 Å². The number of pyridine rings is 1. The molecule has 0 aliphatic rings. The molecule has 1 amide bonds. The van der Waals surface area contributed by atoms with Crippen molar-refractivity contribution in [2.24, 2.45) is 0 Å². The Morgan fingerprint density at radius 1 is 1.11 bits per heavy atom. The van der Waals surface area contributed by atoms with Gasteiger partial charge < -0.3 is 20.0 Å². The Hall–Kier alpha value is -3.94. The summed E-state index contributed by atoms with van der Waals surface area (Å²) in [5.41, 5.74) is 2.43. The number of amides is 1. The van der Waals surface area contributed by atoms with Crippen LogP contribution in [0.3, 0.4) is 0 Å². The monoisotopic (exact) mass is 378 g/mol. The second-order valence-corrected chi connectivity index (χ2v) is 6.05. The molecule has 0 atom stereocenters. The molecule has 8 heteroatoms. The number of nitrogens with zero attached hydrogens (tertiary/aromatic N) is 1. The van der Waals surface area contributed by atoms with Crippen LogP contribution >= 0.6 is 0 Å². The number of hydrogen-bond acceptors (Lipinski definition) is 4. The first-order valence-corrected chi connectivity index (χ1v) is 8.37. The summed E-state index contributed by atoms with van der Waals surface area (Å²) >= 11 is 0. The van der Waals surface area contributed by atoms with Crippen LogP contribution in [0.5, 0.6) is 5.75 Å². The van der Waals surface area contributed by atoms with Crippen molar-refractivity contribution < 1.29 is 13.9 Å². The number of imidazole rings is 1. The number of benzene rings is 2. The third-order valence-corrected chi connectivity index (χ3v) is 4.26. The van der Waals surface area contributed by atoms with Crippen LogP contribution < -0.4 is 15.7 Å². The van der Waals surface area contributed by atoms with E-state index in [0.717, 1.165) is 0 Å². The zero-order valence-electron chi connectivity index (χ0n) is 14.7. The van der Waals surface area contributed by atoms with Gasteiger partial charge in [-0.25, -0.2) is 9.18 Å². The van der Waals surface area contributed by atoms with Crippen molar-refractivity contribution in [3.05, 3.63) is 76.6 Å². The fourth-order valence-corrected chi connectivity index (χ4v) is 2.87. The number of halogens is 1. The van der Waals surface area contributed by atoms with E-state index in [1.54, 1.807) is 42.5 Å². The van der Waals surface area contributed by atoms with Gasteiger partial charge in [0, 0.05) is 17.4 Å². The predicted octanol–water partition coefficient (Wildman–Crippen LogP) is 3.32. The van der Waals surface area contributed by atoms with Gasteiger partial charge in [-0.2, -0.15) is 0 Å². The van der Waals surface area contributed by atoms with Crippen LogP contribution in [-0.4, -0.2) is 28.0 Å². The Kier molecular flexibility index (Phi) is 4.36. The fourth-order valence-electron chi connectivity index (χ4n) is 2.87. The van der Waals surface area contributed by atoms with Gasteiger partial charge in [0.15, 0.2) is 11.6 Å². The maximum atomic E-state index is 14.4. The topological polar surface area (TPSA) is 99.9 Å². The average molecular weight is 378 g/mol. The van der Waals surface area contributed by atoms with E-state index in [0.29, 0.717) is 28.0 Å². The number of hydrogen-bond donors (Lipinski definition) is 3. The number of carbonyl (C=O) groups excluding carboxylic acids is 1. The van der Waals surface area contributed by atoms with E-state index in [-0.39, 0.29) is 22.9 Å². The molecule has 0 fully saturated rings. The molecule has 2 aromatic carbocycles. The summed E-state index contributed by atoms with van der Waals surface area (Å²) in [5, 5.41) is 2.74. The van der Waals surface area contributed by atoms with Gasteiger partial charge in [0.2, 0.25) is 0 Å². The molecular formula is C20H15FN4O3. The number of aromatic nitrogens is 3. The van der Waals surface area contributed by atoms with Crippen molar-refractivity contribution in [2.75, 3.05) is 12.4 Å². The van der Waals surface area contributed by atoms with Gasteiger partial charge in [0.05, 0.1) is 29.4 Å². The number of H-pyrrole nitrogens is 2. The van der Waals surface area contributed by atoms with Gasteiger partial charge in [-0.15, -0.1) is 0 Å². The maximum absolute atomic E-state index is 14.4. The van der Waals surface area contributed by atoms with Gasteiger partial charge in [0.1, 0.15) is 0 Å². The third kappa shape index (κ3) is 3.23. The fraction of sp³-hybridized carbons (Fsp3) is 0.0500. The largest absolute Gasteiger partial charge is 0.494 e. The zero-order valence-corrected chi connectivity index (χ0v) is 14.7. The first-order chi connectivity index (χ1) is 13.5. The van der Waals surface area contributed by atoms with Crippen molar-refractivity contribution in [2.45, 2.75) is 0 Å². The van der Waals surface area contributed by atoms with Crippen molar-refractivity contribution in [3.63, 3.8) is 0 Å². The Morgan fingerprint density at radius 2 is 1.93 bits per heavy atom. The minimum absolute atomic E-state index is 0.124. The highest BCUT2D eigenvalue weighted by atomic mass is 19.1. The summed E-state index contributed by atoms with van der Waals surface area (Å²) in [6, 6.07) is 12.9. The molecule has 140 valence electrons. The molecule has 0 radical (unpaired) electrons. The first-order valence-electron chi connectivity index (χ1n) is 8.37.